The molecule has 2 amide bonds. The largest absolute Gasteiger partial charge is 0.342 e. The van der Waals surface area contributed by atoms with E-state index in [9.17, 15) is 9.59 Å². The van der Waals surface area contributed by atoms with Gasteiger partial charge in [-0.05, 0) is 27.7 Å². The number of carbonyl (C=O) groups excluding carboxylic acids is 2. The molecular weight excluding hydrogens is 262 g/mol. The molecule has 0 aromatic carbocycles. The summed E-state index contributed by atoms with van der Waals surface area (Å²) in [5, 5.41) is 5.55. The highest BCUT2D eigenvalue weighted by Crippen LogP contribution is 2.32. The Morgan fingerprint density at radius 1 is 1.42 bits per heavy atom. The first-order chi connectivity index (χ1) is 8.75. The highest BCUT2D eigenvalue weighted by Gasteiger charge is 2.43. The molecule has 0 aliphatic carbocycles. The highest BCUT2D eigenvalue weighted by molar-refractivity contribution is 7.09. The predicted molar refractivity (Wildman–Crippen MR) is 73.7 cm³/mol. The van der Waals surface area contributed by atoms with E-state index in [1.807, 2.05) is 19.2 Å². The van der Waals surface area contributed by atoms with Crippen molar-refractivity contribution in [1.29, 1.82) is 0 Å². The lowest BCUT2D eigenvalue weighted by atomic mass is 9.98. The Balaban J connectivity index is 2.38. The van der Waals surface area contributed by atoms with Crippen molar-refractivity contribution in [3.8, 4) is 0 Å². The maximum atomic E-state index is 12.6. The van der Waals surface area contributed by atoms with Gasteiger partial charge in [0, 0.05) is 24.5 Å². The Bertz CT molecular complexity index is 494. The minimum absolute atomic E-state index is 0.0708. The predicted octanol–water partition coefficient (Wildman–Crippen LogP) is 1.51. The third-order valence-corrected chi connectivity index (χ3v) is 4.51. The SMILES string of the molecule is CC1(C)NC(=O)CCN(C(C)(C)c2nccs2)C1=O. The lowest BCUT2D eigenvalue weighted by molar-refractivity contribution is -0.142. The molecule has 0 saturated carbocycles. The molecule has 0 radical (unpaired) electrons. The molecule has 1 aliphatic heterocycles. The van der Waals surface area contributed by atoms with Crippen molar-refractivity contribution in [3.05, 3.63) is 16.6 Å². The zero-order valence-corrected chi connectivity index (χ0v) is 12.5. The Hall–Kier alpha value is -1.43. The van der Waals surface area contributed by atoms with Crippen LogP contribution in [0, 0.1) is 0 Å². The molecule has 1 N–H and O–H groups in total. The maximum absolute atomic E-state index is 12.6. The minimum Gasteiger partial charge on any atom is -0.342 e. The molecule has 1 fully saturated rings. The number of nitrogens with zero attached hydrogens (tertiary/aromatic N) is 2. The first kappa shape index (κ1) is 14.0. The van der Waals surface area contributed by atoms with E-state index in [0.29, 0.717) is 13.0 Å². The van der Waals surface area contributed by atoms with E-state index < -0.39 is 11.1 Å². The molecule has 1 aromatic heterocycles. The Morgan fingerprint density at radius 3 is 2.68 bits per heavy atom. The molecule has 2 heterocycles. The topological polar surface area (TPSA) is 62.3 Å². The molecular formula is C13H19N3O2S. The fraction of sp³-hybridized carbons (Fsp3) is 0.615. The number of amides is 2. The van der Waals surface area contributed by atoms with E-state index in [-0.39, 0.29) is 11.8 Å². The van der Waals surface area contributed by atoms with Crippen LogP contribution in [0.15, 0.2) is 11.6 Å². The van der Waals surface area contributed by atoms with Crippen LogP contribution in [0.4, 0.5) is 0 Å². The van der Waals surface area contributed by atoms with Gasteiger partial charge < -0.3 is 10.2 Å². The Labute approximate surface area is 117 Å². The van der Waals surface area contributed by atoms with Gasteiger partial charge in [0.05, 0.1) is 5.54 Å². The van der Waals surface area contributed by atoms with Crippen LogP contribution in [-0.2, 0) is 15.1 Å². The van der Waals surface area contributed by atoms with Gasteiger partial charge in [0.2, 0.25) is 11.8 Å². The van der Waals surface area contributed by atoms with Crippen molar-refractivity contribution in [2.24, 2.45) is 0 Å². The van der Waals surface area contributed by atoms with Crippen molar-refractivity contribution in [2.75, 3.05) is 6.54 Å². The smallest absolute Gasteiger partial charge is 0.248 e. The number of nitrogens with one attached hydrogen (secondary N) is 1. The molecule has 0 unspecified atom stereocenters. The summed E-state index contributed by atoms with van der Waals surface area (Å²) in [6, 6.07) is 0. The normalized spacial score (nSPS) is 20.1. The summed E-state index contributed by atoms with van der Waals surface area (Å²) in [4.78, 5) is 30.4. The van der Waals surface area contributed by atoms with Crippen LogP contribution < -0.4 is 5.32 Å². The second-order valence-electron chi connectivity index (χ2n) is 5.78. The zero-order valence-electron chi connectivity index (χ0n) is 11.7. The third-order valence-electron chi connectivity index (χ3n) is 3.42. The molecule has 5 nitrogen and oxygen atoms in total. The van der Waals surface area contributed by atoms with E-state index in [1.165, 1.54) is 11.3 Å². The summed E-state index contributed by atoms with van der Waals surface area (Å²) in [7, 11) is 0. The number of hydrogen-bond donors (Lipinski definition) is 1. The number of carbonyl (C=O) groups is 2. The average Bonchev–Trinajstić information content (AvgIpc) is 2.78. The molecule has 0 atom stereocenters. The average molecular weight is 281 g/mol. The molecule has 6 heteroatoms. The van der Waals surface area contributed by atoms with Crippen molar-refractivity contribution >= 4 is 23.2 Å². The van der Waals surface area contributed by atoms with Crippen LogP contribution >= 0.6 is 11.3 Å². The number of rotatable bonds is 2. The minimum atomic E-state index is -0.873. The number of aromatic nitrogens is 1. The fourth-order valence-corrected chi connectivity index (χ4v) is 3.06. The van der Waals surface area contributed by atoms with E-state index in [4.69, 9.17) is 0 Å². The van der Waals surface area contributed by atoms with Gasteiger partial charge in [0.15, 0.2) is 0 Å². The van der Waals surface area contributed by atoms with Crippen LogP contribution in [0.25, 0.3) is 0 Å². The quantitative estimate of drug-likeness (QED) is 0.893. The summed E-state index contributed by atoms with van der Waals surface area (Å²) >= 11 is 1.52. The molecule has 0 spiro atoms. The summed E-state index contributed by atoms with van der Waals surface area (Å²) in [5.41, 5.74) is -1.38. The van der Waals surface area contributed by atoms with Gasteiger partial charge in [-0.15, -0.1) is 11.3 Å². The first-order valence-electron chi connectivity index (χ1n) is 6.28. The standard InChI is InChI=1S/C13H19N3O2S/c1-12(2)11(18)16(7-5-9(17)15-12)13(3,4)10-14-6-8-19-10/h6,8H,5,7H2,1-4H3,(H,15,17). The zero-order chi connectivity index (χ0) is 14.3. The highest BCUT2D eigenvalue weighted by atomic mass is 32.1. The molecule has 1 aromatic rings. The maximum Gasteiger partial charge on any atom is 0.248 e. The summed E-state index contributed by atoms with van der Waals surface area (Å²) in [5.74, 6) is -0.158. The summed E-state index contributed by atoms with van der Waals surface area (Å²) in [6.07, 6.45) is 2.06. The third kappa shape index (κ3) is 2.49. The Kier molecular flexibility index (Phi) is 3.38. The first-order valence-corrected chi connectivity index (χ1v) is 7.16. The fourth-order valence-electron chi connectivity index (χ4n) is 2.29. The summed E-state index contributed by atoms with van der Waals surface area (Å²) < 4.78 is 0. The van der Waals surface area contributed by atoms with E-state index in [2.05, 4.69) is 10.3 Å². The van der Waals surface area contributed by atoms with Crippen LogP contribution in [-0.4, -0.2) is 33.8 Å². The van der Waals surface area contributed by atoms with Gasteiger partial charge in [-0.1, -0.05) is 0 Å². The van der Waals surface area contributed by atoms with E-state index in [1.54, 1.807) is 24.9 Å². The molecule has 1 aliphatic rings. The molecule has 1 saturated heterocycles. The van der Waals surface area contributed by atoms with Gasteiger partial charge in [-0.2, -0.15) is 0 Å². The second-order valence-corrected chi connectivity index (χ2v) is 6.67. The van der Waals surface area contributed by atoms with Gasteiger partial charge >= 0.3 is 0 Å². The number of hydrogen-bond acceptors (Lipinski definition) is 4. The van der Waals surface area contributed by atoms with Crippen molar-refractivity contribution < 1.29 is 9.59 Å². The van der Waals surface area contributed by atoms with Gasteiger partial charge in [0.25, 0.3) is 0 Å². The van der Waals surface area contributed by atoms with Gasteiger partial charge in [-0.3, -0.25) is 9.59 Å². The lowest BCUT2D eigenvalue weighted by Crippen LogP contribution is -2.57. The van der Waals surface area contributed by atoms with E-state index in [0.717, 1.165) is 5.01 Å². The van der Waals surface area contributed by atoms with Crippen LogP contribution in [0.3, 0.4) is 0 Å². The van der Waals surface area contributed by atoms with Crippen LogP contribution in [0.1, 0.15) is 39.1 Å². The van der Waals surface area contributed by atoms with E-state index >= 15 is 0 Å². The lowest BCUT2D eigenvalue weighted by Gasteiger charge is -2.39. The summed E-state index contributed by atoms with van der Waals surface area (Å²) in [6.45, 7) is 7.83. The van der Waals surface area contributed by atoms with Gasteiger partial charge in [0.1, 0.15) is 10.5 Å². The van der Waals surface area contributed by atoms with Crippen LogP contribution in [0.2, 0.25) is 0 Å². The van der Waals surface area contributed by atoms with Crippen LogP contribution in [0.5, 0.6) is 0 Å². The van der Waals surface area contributed by atoms with Gasteiger partial charge in [-0.25, -0.2) is 4.98 Å². The van der Waals surface area contributed by atoms with Crippen molar-refractivity contribution in [2.45, 2.75) is 45.2 Å². The molecule has 0 bridgehead atoms. The number of thiazole rings is 1. The Morgan fingerprint density at radius 2 is 2.11 bits per heavy atom. The molecule has 104 valence electrons. The van der Waals surface area contributed by atoms with Crippen molar-refractivity contribution in [1.82, 2.24) is 15.2 Å². The van der Waals surface area contributed by atoms with Crippen molar-refractivity contribution in [3.63, 3.8) is 0 Å². The monoisotopic (exact) mass is 281 g/mol. The molecule has 19 heavy (non-hydrogen) atoms. The molecule has 2 rings (SSSR count). The second kappa shape index (κ2) is 4.59.